The van der Waals surface area contributed by atoms with E-state index < -0.39 is 16.0 Å². The summed E-state index contributed by atoms with van der Waals surface area (Å²) in [7, 11) is -0.835. The summed E-state index contributed by atoms with van der Waals surface area (Å²) in [6.07, 6.45) is 0. The van der Waals surface area contributed by atoms with Gasteiger partial charge in [-0.1, -0.05) is 0 Å². The number of hydrogen-bond donors (Lipinski definition) is 2. The molecule has 1 fully saturated rings. The Bertz CT molecular complexity index is 637. The molecule has 0 spiro atoms. The maximum atomic E-state index is 12.5. The highest BCUT2D eigenvalue weighted by molar-refractivity contribution is 7.89. The lowest BCUT2D eigenvalue weighted by Gasteiger charge is -2.31. The zero-order valence-corrected chi connectivity index (χ0v) is 12.9. The van der Waals surface area contributed by atoms with Crippen molar-refractivity contribution in [2.24, 2.45) is 0 Å². The van der Waals surface area contributed by atoms with E-state index in [-0.39, 0.29) is 10.5 Å². The van der Waals surface area contributed by atoms with E-state index >= 15 is 0 Å². The molecular weight excluding hydrogens is 294 g/mol. The third-order valence-electron chi connectivity index (χ3n) is 3.42. The van der Waals surface area contributed by atoms with Crippen molar-refractivity contribution >= 4 is 21.7 Å². The molecule has 0 radical (unpaired) electrons. The standard InChI is InChI=1S/C13H19N3O4S/c1-15(2)21(19,20)12-9-10(13(17)18)3-4-11(12)16-7-5-14-6-8-16/h3-4,9,14H,5-8H2,1-2H3,(H,17,18). The second-order valence-corrected chi connectivity index (χ2v) is 7.13. The molecule has 21 heavy (non-hydrogen) atoms. The van der Waals surface area contributed by atoms with Gasteiger partial charge in [0.25, 0.3) is 0 Å². The van der Waals surface area contributed by atoms with Crippen molar-refractivity contribution in [1.29, 1.82) is 0 Å². The Morgan fingerprint density at radius 3 is 2.43 bits per heavy atom. The van der Waals surface area contributed by atoms with Crippen LogP contribution in [0.1, 0.15) is 10.4 Å². The second kappa shape index (κ2) is 6.00. The topological polar surface area (TPSA) is 90.0 Å². The summed E-state index contributed by atoms with van der Waals surface area (Å²) in [5.41, 5.74) is 0.518. The molecule has 0 amide bonds. The van der Waals surface area contributed by atoms with Gasteiger partial charge in [0.15, 0.2) is 0 Å². The quantitative estimate of drug-likeness (QED) is 0.816. The molecule has 1 aliphatic rings. The van der Waals surface area contributed by atoms with Gasteiger partial charge in [-0.15, -0.1) is 0 Å². The molecule has 116 valence electrons. The van der Waals surface area contributed by atoms with E-state index in [0.717, 1.165) is 17.4 Å². The fourth-order valence-corrected chi connectivity index (χ4v) is 3.35. The third-order valence-corrected chi connectivity index (χ3v) is 5.27. The fourth-order valence-electron chi connectivity index (χ4n) is 2.22. The maximum absolute atomic E-state index is 12.5. The number of nitrogens with one attached hydrogen (secondary N) is 1. The van der Waals surface area contributed by atoms with Crippen LogP contribution < -0.4 is 10.2 Å². The van der Waals surface area contributed by atoms with E-state index in [1.54, 1.807) is 6.07 Å². The Morgan fingerprint density at radius 2 is 1.90 bits per heavy atom. The predicted molar refractivity (Wildman–Crippen MR) is 79.4 cm³/mol. The zero-order valence-electron chi connectivity index (χ0n) is 12.0. The van der Waals surface area contributed by atoms with Crippen LogP contribution in [0, 0.1) is 0 Å². The summed E-state index contributed by atoms with van der Waals surface area (Å²) < 4.78 is 26.0. The highest BCUT2D eigenvalue weighted by Crippen LogP contribution is 2.28. The van der Waals surface area contributed by atoms with Gasteiger partial charge >= 0.3 is 5.97 Å². The highest BCUT2D eigenvalue weighted by atomic mass is 32.2. The van der Waals surface area contributed by atoms with Crippen LogP contribution >= 0.6 is 0 Å². The normalized spacial score (nSPS) is 16.2. The van der Waals surface area contributed by atoms with Gasteiger partial charge in [0, 0.05) is 40.3 Å². The molecule has 0 atom stereocenters. The Labute approximate surface area is 124 Å². The van der Waals surface area contributed by atoms with Gasteiger partial charge in [-0.25, -0.2) is 17.5 Å². The van der Waals surface area contributed by atoms with Crippen LogP contribution in [0.5, 0.6) is 0 Å². The van der Waals surface area contributed by atoms with Crippen molar-refractivity contribution in [2.75, 3.05) is 45.2 Å². The summed E-state index contributed by atoms with van der Waals surface area (Å²) in [4.78, 5) is 13.1. The molecule has 0 saturated carbocycles. The average Bonchev–Trinajstić information content (AvgIpc) is 2.47. The summed E-state index contributed by atoms with van der Waals surface area (Å²) >= 11 is 0. The van der Waals surface area contributed by atoms with E-state index in [0.29, 0.717) is 18.8 Å². The summed E-state index contributed by atoms with van der Waals surface area (Å²) in [5.74, 6) is -1.14. The molecular formula is C13H19N3O4S. The lowest BCUT2D eigenvalue weighted by atomic mass is 10.2. The number of anilines is 1. The molecule has 0 bridgehead atoms. The number of carboxylic acid groups (broad SMARTS) is 1. The van der Waals surface area contributed by atoms with Crippen molar-refractivity contribution in [3.8, 4) is 0 Å². The van der Waals surface area contributed by atoms with Crippen LogP contribution in [0.3, 0.4) is 0 Å². The van der Waals surface area contributed by atoms with Crippen LogP contribution in [0.25, 0.3) is 0 Å². The second-order valence-electron chi connectivity index (χ2n) is 5.01. The monoisotopic (exact) mass is 313 g/mol. The highest BCUT2D eigenvalue weighted by Gasteiger charge is 2.26. The Balaban J connectivity index is 2.56. The van der Waals surface area contributed by atoms with E-state index in [1.165, 1.54) is 26.2 Å². The van der Waals surface area contributed by atoms with E-state index in [4.69, 9.17) is 5.11 Å². The first-order valence-electron chi connectivity index (χ1n) is 6.59. The molecule has 7 nitrogen and oxygen atoms in total. The average molecular weight is 313 g/mol. The molecule has 1 aromatic carbocycles. The van der Waals surface area contributed by atoms with Gasteiger partial charge in [0.05, 0.1) is 11.3 Å². The number of benzene rings is 1. The molecule has 1 aliphatic heterocycles. The first-order chi connectivity index (χ1) is 9.84. The van der Waals surface area contributed by atoms with Crippen LogP contribution in [0.15, 0.2) is 23.1 Å². The van der Waals surface area contributed by atoms with E-state index in [9.17, 15) is 13.2 Å². The minimum Gasteiger partial charge on any atom is -0.478 e. The van der Waals surface area contributed by atoms with E-state index in [1.807, 2.05) is 4.90 Å². The molecule has 1 aromatic rings. The molecule has 1 saturated heterocycles. The number of hydrogen-bond acceptors (Lipinski definition) is 5. The van der Waals surface area contributed by atoms with Crippen molar-refractivity contribution < 1.29 is 18.3 Å². The van der Waals surface area contributed by atoms with Gasteiger partial charge in [-0.05, 0) is 18.2 Å². The fraction of sp³-hybridized carbons (Fsp3) is 0.462. The van der Waals surface area contributed by atoms with Crippen molar-refractivity contribution in [1.82, 2.24) is 9.62 Å². The predicted octanol–water partition coefficient (Wildman–Crippen LogP) is 0.0447. The summed E-state index contributed by atoms with van der Waals surface area (Å²) in [6.45, 7) is 2.90. The number of nitrogens with zero attached hydrogens (tertiary/aromatic N) is 2. The van der Waals surface area contributed by atoms with Crippen LogP contribution in [-0.4, -0.2) is 64.1 Å². The van der Waals surface area contributed by atoms with Gasteiger partial charge in [-0.3, -0.25) is 0 Å². The van der Waals surface area contributed by atoms with Crippen LogP contribution in [-0.2, 0) is 10.0 Å². The number of rotatable bonds is 4. The summed E-state index contributed by atoms with van der Waals surface area (Å²) in [5, 5.41) is 12.3. The van der Waals surface area contributed by atoms with Gasteiger partial charge < -0.3 is 15.3 Å². The largest absolute Gasteiger partial charge is 0.478 e. The van der Waals surface area contributed by atoms with E-state index in [2.05, 4.69) is 5.32 Å². The molecule has 0 aliphatic carbocycles. The number of sulfonamides is 1. The molecule has 0 unspecified atom stereocenters. The summed E-state index contributed by atoms with van der Waals surface area (Å²) in [6, 6.07) is 4.24. The molecule has 8 heteroatoms. The number of piperazine rings is 1. The molecule has 1 heterocycles. The first kappa shape index (κ1) is 15.7. The van der Waals surface area contributed by atoms with Crippen LogP contribution in [0.2, 0.25) is 0 Å². The smallest absolute Gasteiger partial charge is 0.335 e. The SMILES string of the molecule is CN(C)S(=O)(=O)c1cc(C(=O)O)ccc1N1CCNCC1. The number of aromatic carboxylic acids is 1. The lowest BCUT2D eigenvalue weighted by Crippen LogP contribution is -2.44. The van der Waals surface area contributed by atoms with Crippen molar-refractivity contribution in [2.45, 2.75) is 4.90 Å². The van der Waals surface area contributed by atoms with Crippen LogP contribution in [0.4, 0.5) is 5.69 Å². The van der Waals surface area contributed by atoms with Gasteiger partial charge in [0.1, 0.15) is 4.90 Å². The molecule has 2 rings (SSSR count). The number of carboxylic acids is 1. The Morgan fingerprint density at radius 1 is 1.29 bits per heavy atom. The minimum atomic E-state index is -3.70. The number of carbonyl (C=O) groups is 1. The van der Waals surface area contributed by atoms with Gasteiger partial charge in [0.2, 0.25) is 10.0 Å². The van der Waals surface area contributed by atoms with Crippen molar-refractivity contribution in [3.05, 3.63) is 23.8 Å². The molecule has 2 N–H and O–H groups in total. The maximum Gasteiger partial charge on any atom is 0.335 e. The zero-order chi connectivity index (χ0) is 15.6. The first-order valence-corrected chi connectivity index (χ1v) is 8.03. The third kappa shape index (κ3) is 3.17. The minimum absolute atomic E-state index is 0.0330. The van der Waals surface area contributed by atoms with Crippen molar-refractivity contribution in [3.63, 3.8) is 0 Å². The van der Waals surface area contributed by atoms with Gasteiger partial charge in [-0.2, -0.15) is 0 Å². The Kier molecular flexibility index (Phi) is 4.50. The lowest BCUT2D eigenvalue weighted by molar-refractivity contribution is 0.0696. The molecule has 0 aromatic heterocycles. The Hall–Kier alpha value is -1.64.